The Morgan fingerprint density at radius 2 is 1.93 bits per heavy atom. The second kappa shape index (κ2) is 7.84. The third kappa shape index (κ3) is 3.52. The van der Waals surface area contributed by atoms with Gasteiger partial charge in [-0.25, -0.2) is 14.8 Å². The van der Waals surface area contributed by atoms with Crippen molar-refractivity contribution in [3.05, 3.63) is 17.8 Å². The number of hydrogen-bond acceptors (Lipinski definition) is 6. The lowest BCUT2D eigenvalue weighted by Crippen LogP contribution is -2.40. The van der Waals surface area contributed by atoms with Crippen molar-refractivity contribution in [3.8, 4) is 0 Å². The number of aromatic nitrogens is 3. The monoisotopic (exact) mass is 371 g/mol. The summed E-state index contributed by atoms with van der Waals surface area (Å²) in [4.78, 5) is 23.5. The van der Waals surface area contributed by atoms with E-state index in [9.17, 15) is 4.79 Å². The van der Waals surface area contributed by atoms with Crippen molar-refractivity contribution in [3.63, 3.8) is 0 Å². The zero-order valence-electron chi connectivity index (χ0n) is 16.3. The number of nitrogens with zero attached hydrogens (tertiary/aromatic N) is 4. The number of ether oxygens (including phenoxy) is 1. The maximum Gasteiger partial charge on any atom is 0.339 e. The highest BCUT2D eigenvalue weighted by Crippen LogP contribution is 2.33. The number of esters is 1. The standard InChI is InChI=1S/C20H29N5O2/c1-3-25-18-17(12-16(13-22-18)19(26)27-2)23-20(25)24-10-6-15(7-11-24)14-4-8-21-9-5-14/h12-15,21H,3-11H2,1-2H3. The number of rotatable bonds is 4. The molecule has 146 valence electrons. The molecule has 2 fully saturated rings. The summed E-state index contributed by atoms with van der Waals surface area (Å²) in [6.07, 6.45) is 6.68. The number of carbonyl (C=O) groups is 1. The molecule has 0 unspecified atom stereocenters. The maximum atomic E-state index is 11.8. The topological polar surface area (TPSA) is 72.3 Å². The van der Waals surface area contributed by atoms with Crippen LogP contribution in [0.1, 0.15) is 43.0 Å². The van der Waals surface area contributed by atoms with Gasteiger partial charge in [0, 0.05) is 25.8 Å². The average Bonchev–Trinajstić information content (AvgIpc) is 3.11. The van der Waals surface area contributed by atoms with Crippen molar-refractivity contribution >= 4 is 23.1 Å². The van der Waals surface area contributed by atoms with E-state index in [1.54, 1.807) is 12.3 Å². The van der Waals surface area contributed by atoms with E-state index in [1.807, 2.05) is 0 Å². The fraction of sp³-hybridized carbons (Fsp3) is 0.650. The second-order valence-electron chi connectivity index (χ2n) is 7.63. The molecule has 0 saturated carbocycles. The molecule has 27 heavy (non-hydrogen) atoms. The minimum atomic E-state index is -0.375. The Labute approximate surface area is 160 Å². The molecule has 2 aromatic rings. The molecule has 0 radical (unpaired) electrons. The first kappa shape index (κ1) is 18.2. The van der Waals surface area contributed by atoms with Crippen LogP contribution in [0.5, 0.6) is 0 Å². The predicted octanol–water partition coefficient (Wildman–Crippen LogP) is 2.45. The van der Waals surface area contributed by atoms with Gasteiger partial charge < -0.3 is 15.0 Å². The van der Waals surface area contributed by atoms with E-state index < -0.39 is 0 Å². The van der Waals surface area contributed by atoms with Crippen molar-refractivity contribution in [1.82, 2.24) is 19.9 Å². The largest absolute Gasteiger partial charge is 0.465 e. The van der Waals surface area contributed by atoms with Gasteiger partial charge in [0.25, 0.3) is 0 Å². The van der Waals surface area contributed by atoms with Gasteiger partial charge in [-0.05, 0) is 63.6 Å². The van der Waals surface area contributed by atoms with E-state index >= 15 is 0 Å². The van der Waals surface area contributed by atoms with Crippen LogP contribution >= 0.6 is 0 Å². The van der Waals surface area contributed by atoms with Crippen LogP contribution in [0, 0.1) is 11.8 Å². The molecular formula is C20H29N5O2. The van der Waals surface area contributed by atoms with E-state index in [1.165, 1.54) is 45.9 Å². The van der Waals surface area contributed by atoms with Gasteiger partial charge in [0.05, 0.1) is 12.7 Å². The van der Waals surface area contributed by atoms with Crippen LogP contribution < -0.4 is 10.2 Å². The molecule has 0 atom stereocenters. The lowest BCUT2D eigenvalue weighted by atomic mass is 9.79. The number of methoxy groups -OCH3 is 1. The maximum absolute atomic E-state index is 11.8. The molecule has 0 amide bonds. The summed E-state index contributed by atoms with van der Waals surface area (Å²) in [5.74, 6) is 2.32. The van der Waals surface area contributed by atoms with Gasteiger partial charge in [0.2, 0.25) is 5.95 Å². The number of pyridine rings is 1. The van der Waals surface area contributed by atoms with Crippen LogP contribution in [0.15, 0.2) is 12.3 Å². The van der Waals surface area contributed by atoms with Crippen molar-refractivity contribution < 1.29 is 9.53 Å². The Morgan fingerprint density at radius 3 is 2.59 bits per heavy atom. The Hall–Kier alpha value is -2.15. The summed E-state index contributed by atoms with van der Waals surface area (Å²) in [5, 5.41) is 3.47. The number of piperidine rings is 2. The molecule has 4 heterocycles. The lowest BCUT2D eigenvalue weighted by Gasteiger charge is -2.38. The third-order valence-electron chi connectivity index (χ3n) is 6.18. The van der Waals surface area contributed by atoms with Gasteiger partial charge >= 0.3 is 5.97 Å². The number of aryl methyl sites for hydroxylation is 1. The first-order valence-corrected chi connectivity index (χ1v) is 10.1. The summed E-state index contributed by atoms with van der Waals surface area (Å²) in [6, 6.07) is 1.78. The Bertz CT molecular complexity index is 804. The summed E-state index contributed by atoms with van der Waals surface area (Å²) in [7, 11) is 1.38. The molecule has 2 aliphatic heterocycles. The first-order valence-electron chi connectivity index (χ1n) is 10.1. The van der Waals surface area contributed by atoms with Crippen molar-refractivity contribution in [2.24, 2.45) is 11.8 Å². The van der Waals surface area contributed by atoms with E-state index in [0.717, 1.165) is 48.6 Å². The molecule has 0 bridgehead atoms. The Morgan fingerprint density at radius 1 is 1.22 bits per heavy atom. The fourth-order valence-corrected chi connectivity index (χ4v) is 4.65. The molecule has 2 aliphatic rings. The van der Waals surface area contributed by atoms with E-state index in [4.69, 9.17) is 9.72 Å². The number of hydrogen-bond donors (Lipinski definition) is 1. The first-order chi connectivity index (χ1) is 13.2. The SMILES string of the molecule is CCn1c(N2CCC(C3CCNCC3)CC2)nc2cc(C(=O)OC)cnc21. The Kier molecular flexibility index (Phi) is 5.29. The quantitative estimate of drug-likeness (QED) is 0.833. The number of anilines is 1. The van der Waals surface area contributed by atoms with Crippen LogP contribution in [0.4, 0.5) is 5.95 Å². The van der Waals surface area contributed by atoms with Crippen molar-refractivity contribution in [2.75, 3.05) is 38.2 Å². The summed E-state index contributed by atoms with van der Waals surface area (Å²) in [5.41, 5.74) is 2.04. The van der Waals surface area contributed by atoms with Gasteiger partial charge in [-0.15, -0.1) is 0 Å². The number of fused-ring (bicyclic) bond motifs is 1. The molecule has 2 aromatic heterocycles. The molecular weight excluding hydrogens is 342 g/mol. The fourth-order valence-electron chi connectivity index (χ4n) is 4.65. The molecule has 2 saturated heterocycles. The molecule has 7 nitrogen and oxygen atoms in total. The highest BCUT2D eigenvalue weighted by atomic mass is 16.5. The summed E-state index contributed by atoms with van der Waals surface area (Å²) >= 11 is 0. The van der Waals surface area contributed by atoms with E-state index in [-0.39, 0.29) is 5.97 Å². The Balaban J connectivity index is 1.53. The van der Waals surface area contributed by atoms with Crippen LogP contribution in [-0.2, 0) is 11.3 Å². The molecule has 7 heteroatoms. The van der Waals surface area contributed by atoms with Crippen LogP contribution in [0.25, 0.3) is 11.2 Å². The number of carbonyl (C=O) groups excluding carboxylic acids is 1. The summed E-state index contributed by atoms with van der Waals surface area (Å²) in [6.45, 7) is 7.35. The van der Waals surface area contributed by atoms with E-state index in [2.05, 4.69) is 26.7 Å². The molecule has 0 aromatic carbocycles. The minimum absolute atomic E-state index is 0.375. The molecule has 0 spiro atoms. The second-order valence-corrected chi connectivity index (χ2v) is 7.63. The predicted molar refractivity (Wildman–Crippen MR) is 105 cm³/mol. The van der Waals surface area contributed by atoms with Crippen LogP contribution in [0.2, 0.25) is 0 Å². The molecule has 1 N–H and O–H groups in total. The molecule has 0 aliphatic carbocycles. The van der Waals surface area contributed by atoms with Gasteiger partial charge in [-0.1, -0.05) is 0 Å². The third-order valence-corrected chi connectivity index (χ3v) is 6.18. The minimum Gasteiger partial charge on any atom is -0.465 e. The zero-order valence-corrected chi connectivity index (χ0v) is 16.3. The van der Waals surface area contributed by atoms with Gasteiger partial charge in [0.15, 0.2) is 5.65 Å². The number of imidazole rings is 1. The average molecular weight is 371 g/mol. The van der Waals surface area contributed by atoms with Gasteiger partial charge in [0.1, 0.15) is 5.52 Å². The van der Waals surface area contributed by atoms with Gasteiger partial charge in [-0.2, -0.15) is 0 Å². The zero-order chi connectivity index (χ0) is 18.8. The number of nitrogens with one attached hydrogen (secondary N) is 1. The van der Waals surface area contributed by atoms with E-state index in [0.29, 0.717) is 5.56 Å². The van der Waals surface area contributed by atoms with Crippen LogP contribution in [0.3, 0.4) is 0 Å². The van der Waals surface area contributed by atoms with Crippen LogP contribution in [-0.4, -0.2) is 53.8 Å². The smallest absolute Gasteiger partial charge is 0.339 e. The van der Waals surface area contributed by atoms with Gasteiger partial charge in [-0.3, -0.25) is 4.57 Å². The lowest BCUT2D eigenvalue weighted by molar-refractivity contribution is 0.0600. The summed E-state index contributed by atoms with van der Waals surface area (Å²) < 4.78 is 6.96. The molecule has 4 rings (SSSR count). The normalized spacial score (nSPS) is 19.6. The van der Waals surface area contributed by atoms with Crippen molar-refractivity contribution in [2.45, 2.75) is 39.2 Å². The highest BCUT2D eigenvalue weighted by molar-refractivity contribution is 5.92. The van der Waals surface area contributed by atoms with Crippen molar-refractivity contribution in [1.29, 1.82) is 0 Å². The highest BCUT2D eigenvalue weighted by Gasteiger charge is 2.29.